The average molecular weight is 178 g/mol. The van der Waals surface area contributed by atoms with E-state index in [0.29, 0.717) is 0 Å². The van der Waals surface area contributed by atoms with Gasteiger partial charge in [-0.05, 0) is 32.3 Å². The molecule has 1 spiro atoms. The molecular weight excluding hydrogens is 164 g/mol. The summed E-state index contributed by atoms with van der Waals surface area (Å²) in [5.41, 5.74) is 2.21. The van der Waals surface area contributed by atoms with Gasteiger partial charge in [0.2, 0.25) is 0 Å². The summed E-state index contributed by atoms with van der Waals surface area (Å²) in [4.78, 5) is 11.1. The minimum Gasteiger partial charge on any atom is -0.451 e. The lowest BCUT2D eigenvalue weighted by atomic mass is 9.81. The Morgan fingerprint density at radius 1 is 1.46 bits per heavy atom. The van der Waals surface area contributed by atoms with E-state index in [1.54, 1.807) is 6.08 Å². The van der Waals surface area contributed by atoms with E-state index in [4.69, 9.17) is 4.74 Å². The molecule has 1 aliphatic carbocycles. The number of hydrogen-bond donors (Lipinski definition) is 0. The van der Waals surface area contributed by atoms with Crippen molar-refractivity contribution in [3.05, 3.63) is 23.3 Å². The molecule has 1 heterocycles. The number of esters is 1. The van der Waals surface area contributed by atoms with Crippen molar-refractivity contribution in [3.8, 4) is 0 Å². The van der Waals surface area contributed by atoms with Crippen LogP contribution in [0.3, 0.4) is 0 Å². The van der Waals surface area contributed by atoms with Crippen LogP contribution < -0.4 is 0 Å². The smallest absolute Gasteiger partial charge is 0.331 e. The van der Waals surface area contributed by atoms with E-state index in [1.165, 1.54) is 5.57 Å². The Hall–Kier alpha value is -1.05. The first-order valence-corrected chi connectivity index (χ1v) is 4.70. The average Bonchev–Trinajstić information content (AvgIpc) is 2.34. The van der Waals surface area contributed by atoms with E-state index < -0.39 is 0 Å². The zero-order valence-electron chi connectivity index (χ0n) is 8.09. The molecule has 2 nitrogen and oxygen atoms in total. The highest BCUT2D eigenvalue weighted by Gasteiger charge is 2.40. The summed E-state index contributed by atoms with van der Waals surface area (Å²) >= 11 is 0. The van der Waals surface area contributed by atoms with Crippen molar-refractivity contribution in [1.29, 1.82) is 0 Å². The largest absolute Gasteiger partial charge is 0.451 e. The van der Waals surface area contributed by atoms with Gasteiger partial charge in [0.05, 0.1) is 0 Å². The molecule has 0 fully saturated rings. The number of carbonyl (C=O) groups excluding carboxylic acids is 1. The van der Waals surface area contributed by atoms with Crippen LogP contribution >= 0.6 is 0 Å². The van der Waals surface area contributed by atoms with Crippen LogP contribution in [0.1, 0.15) is 33.1 Å². The molecule has 0 aromatic rings. The third-order valence-corrected chi connectivity index (χ3v) is 3.05. The fourth-order valence-electron chi connectivity index (χ4n) is 2.00. The summed E-state index contributed by atoms with van der Waals surface area (Å²) in [6.07, 6.45) is 6.64. The summed E-state index contributed by atoms with van der Waals surface area (Å²) < 4.78 is 5.37. The number of carbonyl (C=O) groups is 1. The molecule has 0 amide bonds. The summed E-state index contributed by atoms with van der Waals surface area (Å²) in [6, 6.07) is 0. The Labute approximate surface area is 78.3 Å². The van der Waals surface area contributed by atoms with Gasteiger partial charge >= 0.3 is 5.97 Å². The summed E-state index contributed by atoms with van der Waals surface area (Å²) in [7, 11) is 0. The van der Waals surface area contributed by atoms with E-state index >= 15 is 0 Å². The highest BCUT2D eigenvalue weighted by Crippen LogP contribution is 2.39. The van der Waals surface area contributed by atoms with Crippen LogP contribution in [-0.4, -0.2) is 11.6 Å². The lowest BCUT2D eigenvalue weighted by Gasteiger charge is -2.32. The van der Waals surface area contributed by atoms with Crippen LogP contribution in [-0.2, 0) is 9.53 Å². The summed E-state index contributed by atoms with van der Waals surface area (Å²) in [5.74, 6) is -0.176. The van der Waals surface area contributed by atoms with E-state index in [0.717, 1.165) is 24.8 Å². The molecule has 0 saturated carbocycles. The van der Waals surface area contributed by atoms with Crippen molar-refractivity contribution < 1.29 is 9.53 Å². The second kappa shape index (κ2) is 2.72. The molecule has 0 bridgehead atoms. The minimum absolute atomic E-state index is 0.176. The predicted octanol–water partition coefficient (Wildman–Crippen LogP) is 2.36. The van der Waals surface area contributed by atoms with Crippen LogP contribution in [0.25, 0.3) is 0 Å². The van der Waals surface area contributed by atoms with Crippen LogP contribution in [0.15, 0.2) is 23.3 Å². The molecular formula is C11H14O2. The van der Waals surface area contributed by atoms with Crippen molar-refractivity contribution in [3.63, 3.8) is 0 Å². The van der Waals surface area contributed by atoms with Gasteiger partial charge in [-0.3, -0.25) is 0 Å². The van der Waals surface area contributed by atoms with Gasteiger partial charge in [-0.1, -0.05) is 11.6 Å². The molecule has 13 heavy (non-hydrogen) atoms. The second-order valence-corrected chi connectivity index (χ2v) is 4.00. The van der Waals surface area contributed by atoms with Crippen molar-refractivity contribution in [2.24, 2.45) is 0 Å². The SMILES string of the molecule is CC1=CCC2(CC1)OC(=O)C=C2C. The van der Waals surface area contributed by atoms with Crippen molar-refractivity contribution in [2.75, 3.05) is 0 Å². The molecule has 0 aromatic heterocycles. The molecule has 2 rings (SSSR count). The van der Waals surface area contributed by atoms with Crippen LogP contribution in [0.4, 0.5) is 0 Å². The van der Waals surface area contributed by atoms with Crippen LogP contribution in [0, 0.1) is 0 Å². The van der Waals surface area contributed by atoms with Gasteiger partial charge in [0.15, 0.2) is 0 Å². The monoisotopic (exact) mass is 178 g/mol. The molecule has 2 aliphatic rings. The third kappa shape index (κ3) is 1.30. The van der Waals surface area contributed by atoms with Gasteiger partial charge in [0, 0.05) is 12.5 Å². The number of ether oxygens (including phenoxy) is 1. The quantitative estimate of drug-likeness (QED) is 0.420. The lowest BCUT2D eigenvalue weighted by molar-refractivity contribution is -0.146. The number of rotatable bonds is 0. The Morgan fingerprint density at radius 3 is 2.69 bits per heavy atom. The molecule has 0 N–H and O–H groups in total. The second-order valence-electron chi connectivity index (χ2n) is 4.00. The maximum atomic E-state index is 11.1. The fraction of sp³-hybridized carbons (Fsp3) is 0.545. The van der Waals surface area contributed by atoms with E-state index in [-0.39, 0.29) is 11.6 Å². The molecule has 1 aliphatic heterocycles. The predicted molar refractivity (Wildman–Crippen MR) is 50.2 cm³/mol. The molecule has 0 aromatic carbocycles. The van der Waals surface area contributed by atoms with Gasteiger partial charge < -0.3 is 4.74 Å². The molecule has 1 unspecified atom stereocenters. The highest BCUT2D eigenvalue weighted by molar-refractivity contribution is 5.86. The highest BCUT2D eigenvalue weighted by atomic mass is 16.6. The number of allylic oxidation sites excluding steroid dienone is 1. The zero-order valence-corrected chi connectivity index (χ0v) is 8.09. The Morgan fingerprint density at radius 2 is 2.23 bits per heavy atom. The first-order valence-electron chi connectivity index (χ1n) is 4.70. The number of hydrogen-bond acceptors (Lipinski definition) is 2. The summed E-state index contributed by atoms with van der Waals surface area (Å²) in [6.45, 7) is 4.11. The van der Waals surface area contributed by atoms with E-state index in [2.05, 4.69) is 13.0 Å². The van der Waals surface area contributed by atoms with Gasteiger partial charge in [0.25, 0.3) is 0 Å². The van der Waals surface area contributed by atoms with Gasteiger partial charge in [0.1, 0.15) is 5.60 Å². The maximum Gasteiger partial charge on any atom is 0.331 e. The van der Waals surface area contributed by atoms with Crippen LogP contribution in [0.5, 0.6) is 0 Å². The first-order chi connectivity index (χ1) is 6.12. The molecule has 2 heteroatoms. The Balaban J connectivity index is 2.25. The van der Waals surface area contributed by atoms with E-state index in [9.17, 15) is 4.79 Å². The Bertz CT molecular complexity index is 312. The molecule has 0 radical (unpaired) electrons. The minimum atomic E-state index is -0.281. The topological polar surface area (TPSA) is 26.3 Å². The van der Waals surface area contributed by atoms with Gasteiger partial charge in [-0.25, -0.2) is 4.79 Å². The zero-order chi connectivity index (χ0) is 9.47. The van der Waals surface area contributed by atoms with Crippen LogP contribution in [0.2, 0.25) is 0 Å². The molecule has 70 valence electrons. The Kier molecular flexibility index (Phi) is 1.79. The van der Waals surface area contributed by atoms with E-state index in [1.807, 2.05) is 6.92 Å². The summed E-state index contributed by atoms with van der Waals surface area (Å²) in [5, 5.41) is 0. The van der Waals surface area contributed by atoms with Crippen molar-refractivity contribution >= 4 is 5.97 Å². The third-order valence-electron chi connectivity index (χ3n) is 3.05. The standard InChI is InChI=1S/C11H14O2/c1-8-3-5-11(6-4-8)9(2)7-10(12)13-11/h3,7H,4-6H2,1-2H3. The first kappa shape index (κ1) is 8.54. The normalized spacial score (nSPS) is 32.9. The van der Waals surface area contributed by atoms with Gasteiger partial charge in [-0.15, -0.1) is 0 Å². The van der Waals surface area contributed by atoms with Crippen molar-refractivity contribution in [2.45, 2.75) is 38.7 Å². The lowest BCUT2D eigenvalue weighted by Crippen LogP contribution is -2.32. The maximum absolute atomic E-state index is 11.1. The molecule has 0 saturated heterocycles. The molecule has 1 atom stereocenters. The van der Waals surface area contributed by atoms with Crippen molar-refractivity contribution in [1.82, 2.24) is 0 Å². The van der Waals surface area contributed by atoms with Gasteiger partial charge in [-0.2, -0.15) is 0 Å². The fourth-order valence-corrected chi connectivity index (χ4v) is 2.00.